The van der Waals surface area contributed by atoms with Crippen LogP contribution in [0.5, 0.6) is 0 Å². The van der Waals surface area contributed by atoms with E-state index in [1.165, 1.54) is 0 Å². The summed E-state index contributed by atoms with van der Waals surface area (Å²) in [6.07, 6.45) is 7.95. The maximum atomic E-state index is 13.0. The zero-order chi connectivity index (χ0) is 18.9. The number of amides is 4. The lowest BCUT2D eigenvalue weighted by Crippen LogP contribution is -2.54. The van der Waals surface area contributed by atoms with E-state index in [-0.39, 0.29) is 24.3 Å². The minimum atomic E-state index is -0.781. The van der Waals surface area contributed by atoms with Crippen LogP contribution in [0.15, 0.2) is 0 Å². The highest BCUT2D eigenvalue weighted by Gasteiger charge is 2.55. The molecular weight excluding hydrogens is 330 g/mol. The number of nitrogens with one attached hydrogen (secondary N) is 1. The van der Waals surface area contributed by atoms with Crippen LogP contribution in [-0.4, -0.2) is 52.8 Å². The van der Waals surface area contributed by atoms with Gasteiger partial charge in [-0.1, -0.05) is 46.5 Å². The van der Waals surface area contributed by atoms with Gasteiger partial charge in [-0.3, -0.25) is 14.5 Å². The van der Waals surface area contributed by atoms with Gasteiger partial charge in [-0.15, -0.1) is 0 Å². The summed E-state index contributed by atoms with van der Waals surface area (Å²) in [5.41, 5.74) is -0.434. The average molecular weight is 364 g/mol. The molecule has 6 heteroatoms. The number of carbonyl (C=O) groups excluding carboxylic acids is 3. The van der Waals surface area contributed by atoms with Crippen LogP contribution in [0.3, 0.4) is 0 Å². The standard InChI is InChI=1S/C20H33N3O3/c1-4-19(5-2)10-12-22(13-11-19)16(24)14-23-17(25)20(21-18(23)26)9-7-6-8-15(20)3/h15H,4-14H2,1-3H3,(H,21,26)/t15-,20+/m1/s1. The van der Waals surface area contributed by atoms with Crippen molar-refractivity contribution in [1.29, 1.82) is 0 Å². The molecule has 2 aliphatic heterocycles. The van der Waals surface area contributed by atoms with Crippen LogP contribution in [0, 0.1) is 11.3 Å². The van der Waals surface area contributed by atoms with E-state index in [0.29, 0.717) is 11.8 Å². The molecule has 1 aliphatic carbocycles. The van der Waals surface area contributed by atoms with Gasteiger partial charge in [0.2, 0.25) is 5.91 Å². The van der Waals surface area contributed by atoms with Crippen LogP contribution in [-0.2, 0) is 9.59 Å². The van der Waals surface area contributed by atoms with Gasteiger partial charge in [0.15, 0.2) is 0 Å². The Morgan fingerprint density at radius 1 is 1.12 bits per heavy atom. The van der Waals surface area contributed by atoms with Crippen LogP contribution < -0.4 is 5.32 Å². The molecule has 0 aromatic carbocycles. The van der Waals surface area contributed by atoms with E-state index in [0.717, 1.165) is 62.9 Å². The summed E-state index contributed by atoms with van der Waals surface area (Å²) in [5, 5.41) is 2.93. The Kier molecular flexibility index (Phi) is 5.31. The van der Waals surface area contributed by atoms with Gasteiger partial charge >= 0.3 is 6.03 Å². The Morgan fingerprint density at radius 2 is 1.77 bits per heavy atom. The number of hydrogen-bond acceptors (Lipinski definition) is 3. The molecule has 3 rings (SSSR count). The Morgan fingerprint density at radius 3 is 2.35 bits per heavy atom. The van der Waals surface area contributed by atoms with Crippen LogP contribution >= 0.6 is 0 Å². The molecule has 2 heterocycles. The Balaban J connectivity index is 1.63. The second-order valence-electron chi connectivity index (χ2n) is 8.53. The number of urea groups is 1. The molecule has 2 atom stereocenters. The van der Waals surface area contributed by atoms with Gasteiger partial charge in [0.1, 0.15) is 12.1 Å². The first-order valence-electron chi connectivity index (χ1n) is 10.3. The SMILES string of the molecule is CCC1(CC)CCN(C(=O)CN2C(=O)N[C@]3(CCCC[C@H]3C)C2=O)CC1. The molecule has 2 saturated heterocycles. The second kappa shape index (κ2) is 7.20. The van der Waals surface area contributed by atoms with Crippen molar-refractivity contribution in [2.75, 3.05) is 19.6 Å². The molecule has 0 aromatic rings. The fourth-order valence-corrected chi connectivity index (χ4v) is 5.06. The van der Waals surface area contributed by atoms with Crippen molar-refractivity contribution < 1.29 is 14.4 Å². The number of piperidine rings is 1. The molecule has 3 fully saturated rings. The fourth-order valence-electron chi connectivity index (χ4n) is 5.06. The Bertz CT molecular complexity index is 577. The topological polar surface area (TPSA) is 69.7 Å². The summed E-state index contributed by atoms with van der Waals surface area (Å²) >= 11 is 0. The highest BCUT2D eigenvalue weighted by atomic mass is 16.2. The number of nitrogens with zero attached hydrogens (tertiary/aromatic N) is 2. The maximum Gasteiger partial charge on any atom is 0.325 e. The minimum Gasteiger partial charge on any atom is -0.341 e. The van der Waals surface area contributed by atoms with Crippen LogP contribution in [0.4, 0.5) is 4.79 Å². The molecular formula is C20H33N3O3. The first kappa shape index (κ1) is 19.2. The quantitative estimate of drug-likeness (QED) is 0.781. The van der Waals surface area contributed by atoms with E-state index in [2.05, 4.69) is 19.2 Å². The summed E-state index contributed by atoms with van der Waals surface area (Å²) in [7, 11) is 0. The Hall–Kier alpha value is -1.59. The second-order valence-corrected chi connectivity index (χ2v) is 8.53. The van der Waals surface area contributed by atoms with Crippen molar-refractivity contribution in [2.24, 2.45) is 11.3 Å². The van der Waals surface area contributed by atoms with Crippen molar-refractivity contribution in [3.63, 3.8) is 0 Å². The van der Waals surface area contributed by atoms with Crippen LogP contribution in [0.1, 0.15) is 72.1 Å². The summed E-state index contributed by atoms with van der Waals surface area (Å²) in [4.78, 5) is 41.2. The monoisotopic (exact) mass is 363 g/mol. The van der Waals surface area contributed by atoms with Gasteiger partial charge in [0.05, 0.1) is 0 Å². The first-order valence-corrected chi connectivity index (χ1v) is 10.3. The number of rotatable bonds is 4. The summed E-state index contributed by atoms with van der Waals surface area (Å²) in [6, 6.07) is -0.398. The third kappa shape index (κ3) is 3.12. The third-order valence-electron chi connectivity index (χ3n) is 7.47. The van der Waals surface area contributed by atoms with E-state index < -0.39 is 11.6 Å². The molecule has 0 bridgehead atoms. The summed E-state index contributed by atoms with van der Waals surface area (Å²) < 4.78 is 0. The van der Waals surface area contributed by atoms with Crippen molar-refractivity contribution in [2.45, 2.75) is 77.7 Å². The van der Waals surface area contributed by atoms with E-state index in [9.17, 15) is 14.4 Å². The molecule has 0 radical (unpaired) electrons. The van der Waals surface area contributed by atoms with Gasteiger partial charge in [0.25, 0.3) is 5.91 Å². The maximum absolute atomic E-state index is 13.0. The number of carbonyl (C=O) groups is 3. The first-order chi connectivity index (χ1) is 12.4. The molecule has 0 unspecified atom stereocenters. The molecule has 1 saturated carbocycles. The van der Waals surface area contributed by atoms with Crippen molar-refractivity contribution in [1.82, 2.24) is 15.1 Å². The zero-order valence-corrected chi connectivity index (χ0v) is 16.5. The van der Waals surface area contributed by atoms with Gasteiger partial charge in [-0.2, -0.15) is 0 Å². The molecule has 1 spiro atoms. The van der Waals surface area contributed by atoms with Gasteiger partial charge in [0, 0.05) is 13.1 Å². The van der Waals surface area contributed by atoms with Gasteiger partial charge in [-0.25, -0.2) is 4.79 Å². The third-order valence-corrected chi connectivity index (χ3v) is 7.47. The lowest BCUT2D eigenvalue weighted by Gasteiger charge is -2.41. The lowest BCUT2D eigenvalue weighted by atomic mass is 9.73. The highest BCUT2D eigenvalue weighted by Crippen LogP contribution is 2.39. The van der Waals surface area contributed by atoms with Crippen LogP contribution in [0.2, 0.25) is 0 Å². The van der Waals surface area contributed by atoms with Crippen molar-refractivity contribution >= 4 is 17.8 Å². The minimum absolute atomic E-state index is 0.102. The molecule has 3 aliphatic rings. The number of imide groups is 1. The predicted octanol–water partition coefficient (Wildman–Crippen LogP) is 2.92. The summed E-state index contributed by atoms with van der Waals surface area (Å²) in [5.74, 6) is -0.177. The summed E-state index contributed by atoms with van der Waals surface area (Å²) in [6.45, 7) is 7.81. The number of hydrogen-bond donors (Lipinski definition) is 1. The highest BCUT2D eigenvalue weighted by molar-refractivity contribution is 6.09. The van der Waals surface area contributed by atoms with Crippen LogP contribution in [0.25, 0.3) is 0 Å². The zero-order valence-electron chi connectivity index (χ0n) is 16.5. The number of likely N-dealkylation sites (tertiary alicyclic amines) is 1. The van der Waals surface area contributed by atoms with E-state index >= 15 is 0 Å². The normalized spacial score (nSPS) is 31.4. The molecule has 6 nitrogen and oxygen atoms in total. The smallest absolute Gasteiger partial charge is 0.325 e. The van der Waals surface area contributed by atoms with E-state index in [4.69, 9.17) is 0 Å². The molecule has 1 N–H and O–H groups in total. The molecule has 146 valence electrons. The fraction of sp³-hybridized carbons (Fsp3) is 0.850. The van der Waals surface area contributed by atoms with Gasteiger partial charge < -0.3 is 10.2 Å². The molecule has 4 amide bonds. The molecule has 0 aromatic heterocycles. The van der Waals surface area contributed by atoms with Crippen molar-refractivity contribution in [3.8, 4) is 0 Å². The van der Waals surface area contributed by atoms with E-state index in [1.807, 2.05) is 11.8 Å². The molecule has 26 heavy (non-hydrogen) atoms. The van der Waals surface area contributed by atoms with Crippen molar-refractivity contribution in [3.05, 3.63) is 0 Å². The average Bonchev–Trinajstić information content (AvgIpc) is 2.89. The predicted molar refractivity (Wildman–Crippen MR) is 99.4 cm³/mol. The largest absolute Gasteiger partial charge is 0.341 e. The Labute approximate surface area is 156 Å². The van der Waals surface area contributed by atoms with E-state index in [1.54, 1.807) is 0 Å². The lowest BCUT2D eigenvalue weighted by molar-refractivity contribution is -0.141. The van der Waals surface area contributed by atoms with Gasteiger partial charge in [-0.05, 0) is 37.0 Å².